The first-order valence-corrected chi connectivity index (χ1v) is 13.9. The number of rotatable bonds is 2. The molecular weight excluding hydrogens is 503 g/mol. The zero-order valence-corrected chi connectivity index (χ0v) is 21.9. The second-order valence-electron chi connectivity index (χ2n) is 9.37. The molecule has 0 aliphatic heterocycles. The van der Waals surface area contributed by atoms with Crippen molar-refractivity contribution in [2.45, 2.75) is 0 Å². The van der Waals surface area contributed by atoms with Crippen LogP contribution < -0.4 is 0 Å². The molecule has 7 aromatic rings. The number of phenolic OH excluding ortho intramolecular Hbond substituents is 1. The Labute approximate surface area is 226 Å². The van der Waals surface area contributed by atoms with Crippen molar-refractivity contribution in [2.24, 2.45) is 0 Å². The van der Waals surface area contributed by atoms with Gasteiger partial charge in [-0.25, -0.2) is 0 Å². The van der Waals surface area contributed by atoms with Gasteiger partial charge in [-0.1, -0.05) is 115 Å². The Hall–Kier alpha value is -4.47. The molecule has 0 bridgehead atoms. The van der Waals surface area contributed by atoms with Crippen LogP contribution in [0.4, 0.5) is 0 Å². The summed E-state index contributed by atoms with van der Waals surface area (Å²) < 4.78 is 8.74. The maximum absolute atomic E-state index is 11.3. The predicted octanol–water partition coefficient (Wildman–Crippen LogP) is 8.70. The van der Waals surface area contributed by atoms with Crippen LogP contribution in [0.25, 0.3) is 65.3 Å². The second-order valence-corrected chi connectivity index (χ2v) is 9.93. The number of hydrogen-bond donors (Lipinski definition) is 3. The summed E-state index contributed by atoms with van der Waals surface area (Å²) in [5.41, 5.74) is 4.28. The first-order chi connectivity index (χ1) is 19.0. The van der Waals surface area contributed by atoms with Crippen LogP contribution in [0.3, 0.4) is 0 Å². The Balaban J connectivity index is 0.000000650. The highest BCUT2D eigenvalue weighted by molar-refractivity contribution is 7.30. The van der Waals surface area contributed by atoms with Crippen LogP contribution in [0.15, 0.2) is 127 Å². The number of hydrogen-bond acceptors (Lipinski definition) is 2. The summed E-state index contributed by atoms with van der Waals surface area (Å²) in [7, 11) is -3.13. The van der Waals surface area contributed by atoms with Crippen molar-refractivity contribution in [3.05, 3.63) is 127 Å². The van der Waals surface area contributed by atoms with E-state index in [1.54, 1.807) is 0 Å². The van der Waals surface area contributed by atoms with E-state index in [9.17, 15) is 5.11 Å². The van der Waals surface area contributed by atoms with Gasteiger partial charge < -0.3 is 14.9 Å². The molecule has 0 aliphatic carbocycles. The molecule has 5 heteroatoms. The lowest BCUT2D eigenvalue weighted by Gasteiger charge is -2.20. The lowest BCUT2D eigenvalue weighted by atomic mass is 9.84. The van der Waals surface area contributed by atoms with Crippen molar-refractivity contribution in [1.29, 1.82) is 0 Å². The summed E-state index contributed by atoms with van der Waals surface area (Å²) in [6.07, 6.45) is 0. The van der Waals surface area contributed by atoms with Gasteiger partial charge in [0.2, 0.25) is 0 Å². The van der Waals surface area contributed by atoms with Gasteiger partial charge >= 0.3 is 8.25 Å². The molecule has 0 unspecified atom stereocenters. The smallest absolute Gasteiger partial charge is 0.314 e. The van der Waals surface area contributed by atoms with Gasteiger partial charge in [-0.05, 0) is 66.3 Å². The van der Waals surface area contributed by atoms with Crippen LogP contribution in [0.5, 0.6) is 5.75 Å². The predicted molar refractivity (Wildman–Crippen MR) is 162 cm³/mol. The van der Waals surface area contributed by atoms with E-state index in [0.29, 0.717) is 5.75 Å². The summed E-state index contributed by atoms with van der Waals surface area (Å²) in [4.78, 5) is 14.3. The van der Waals surface area contributed by atoms with Crippen molar-refractivity contribution >= 4 is 51.3 Å². The second kappa shape index (κ2) is 10.4. The molecule has 7 aromatic carbocycles. The molecule has 39 heavy (non-hydrogen) atoms. The van der Waals surface area contributed by atoms with Crippen molar-refractivity contribution in [3.63, 3.8) is 0 Å². The van der Waals surface area contributed by atoms with Crippen LogP contribution >= 0.6 is 8.25 Å². The molecule has 0 heterocycles. The minimum atomic E-state index is -3.13. The topological polar surface area (TPSA) is 77.8 Å². The van der Waals surface area contributed by atoms with E-state index >= 15 is 0 Å². The summed E-state index contributed by atoms with van der Waals surface area (Å²) in [5.74, 6) is 0.297. The van der Waals surface area contributed by atoms with Crippen LogP contribution in [-0.2, 0) is 4.57 Å². The van der Waals surface area contributed by atoms with Gasteiger partial charge in [-0.3, -0.25) is 4.57 Å². The third-order valence-electron chi connectivity index (χ3n) is 7.13. The summed E-state index contributed by atoms with van der Waals surface area (Å²) in [5, 5.41) is 20.6. The molecule has 0 amide bonds. The quantitative estimate of drug-likeness (QED) is 0.155. The Morgan fingerprint density at radius 1 is 0.436 bits per heavy atom. The van der Waals surface area contributed by atoms with Crippen LogP contribution in [0.1, 0.15) is 0 Å². The average Bonchev–Trinajstić information content (AvgIpc) is 2.95. The highest BCUT2D eigenvalue weighted by Crippen LogP contribution is 2.48. The van der Waals surface area contributed by atoms with Gasteiger partial charge in [-0.2, -0.15) is 0 Å². The van der Waals surface area contributed by atoms with E-state index in [0.717, 1.165) is 38.2 Å². The van der Waals surface area contributed by atoms with Gasteiger partial charge in [0.15, 0.2) is 0 Å². The Morgan fingerprint density at radius 2 is 0.821 bits per heavy atom. The fourth-order valence-electron chi connectivity index (χ4n) is 5.58. The molecule has 0 saturated heterocycles. The molecule has 0 aromatic heterocycles. The minimum Gasteiger partial charge on any atom is -0.507 e. The van der Waals surface area contributed by atoms with Gasteiger partial charge in [0.25, 0.3) is 0 Å². The van der Waals surface area contributed by atoms with E-state index in [1.807, 2.05) is 24.3 Å². The van der Waals surface area contributed by atoms with E-state index in [2.05, 4.69) is 103 Å². The number of benzene rings is 7. The fourth-order valence-corrected chi connectivity index (χ4v) is 5.58. The molecule has 0 fully saturated rings. The van der Waals surface area contributed by atoms with Gasteiger partial charge in [0, 0.05) is 11.1 Å². The first kappa shape index (κ1) is 24.8. The van der Waals surface area contributed by atoms with Crippen molar-refractivity contribution in [3.8, 4) is 28.0 Å². The van der Waals surface area contributed by atoms with E-state index in [-0.39, 0.29) is 0 Å². The molecule has 0 radical (unpaired) electrons. The van der Waals surface area contributed by atoms with Gasteiger partial charge in [-0.15, -0.1) is 0 Å². The Bertz CT molecular complexity index is 1970. The summed E-state index contributed by atoms with van der Waals surface area (Å²) in [6, 6.07) is 44.5. The van der Waals surface area contributed by atoms with Crippen molar-refractivity contribution < 1.29 is 19.5 Å². The molecule has 0 atom stereocenters. The number of aromatic hydroxyl groups is 1. The van der Waals surface area contributed by atoms with Gasteiger partial charge in [0.1, 0.15) is 5.75 Å². The van der Waals surface area contributed by atoms with Crippen molar-refractivity contribution in [2.75, 3.05) is 0 Å². The lowest BCUT2D eigenvalue weighted by molar-refractivity contribution is 0.405. The van der Waals surface area contributed by atoms with Crippen LogP contribution in [0, 0.1) is 0 Å². The molecule has 4 nitrogen and oxygen atoms in total. The third kappa shape index (κ3) is 4.56. The average molecular weight is 529 g/mol. The maximum atomic E-state index is 11.3. The largest absolute Gasteiger partial charge is 0.507 e. The third-order valence-corrected chi connectivity index (χ3v) is 7.13. The molecule has 0 saturated carbocycles. The zero-order valence-electron chi connectivity index (χ0n) is 20.9. The van der Waals surface area contributed by atoms with Crippen LogP contribution in [0.2, 0.25) is 0 Å². The fraction of sp³-hybridized carbons (Fsp3) is 0. The highest BCUT2D eigenvalue weighted by Gasteiger charge is 2.20. The first-order valence-electron chi connectivity index (χ1n) is 12.6. The molecule has 190 valence electrons. The molecule has 0 aliphatic rings. The minimum absolute atomic E-state index is 0.297. The summed E-state index contributed by atoms with van der Waals surface area (Å²) in [6.45, 7) is 0. The zero-order chi connectivity index (χ0) is 26.9. The molecular formula is C34H25O4P. The maximum Gasteiger partial charge on any atom is 0.314 e. The van der Waals surface area contributed by atoms with E-state index in [4.69, 9.17) is 14.4 Å². The highest BCUT2D eigenvalue weighted by atomic mass is 31.1. The van der Waals surface area contributed by atoms with E-state index in [1.165, 1.54) is 27.1 Å². The van der Waals surface area contributed by atoms with Crippen LogP contribution in [-0.4, -0.2) is 14.9 Å². The number of phenols is 1. The molecule has 7 rings (SSSR count). The standard InChI is InChI=1S/C34H22O.H3O3P/c35-31-20-18-23-10-2-6-14-27(23)34(31)33-26-13-5-1-9-22(26)17-19-30(33)32-28-15-7-3-11-24(28)21-25-12-4-8-16-29(25)32;1-4(2)3/h1-21,35H;4H,(H2,1,2,3). The van der Waals surface area contributed by atoms with Gasteiger partial charge in [0.05, 0.1) is 0 Å². The molecule has 3 N–H and O–H groups in total. The molecule has 0 spiro atoms. The Morgan fingerprint density at radius 3 is 1.33 bits per heavy atom. The Kier molecular flexibility index (Phi) is 6.60. The normalized spacial score (nSPS) is 11.3. The summed E-state index contributed by atoms with van der Waals surface area (Å²) >= 11 is 0. The monoisotopic (exact) mass is 528 g/mol. The van der Waals surface area contributed by atoms with E-state index < -0.39 is 8.25 Å². The number of fused-ring (bicyclic) bond motifs is 4. The lowest BCUT2D eigenvalue weighted by Crippen LogP contribution is -1.92. The SMILES string of the molecule is O=[PH](O)O.Oc1ccc2ccccc2c1-c1c(-c2c3ccccc3cc3ccccc23)ccc2ccccc12. The van der Waals surface area contributed by atoms with Crippen molar-refractivity contribution in [1.82, 2.24) is 0 Å².